The molecule has 1 saturated carbocycles. The first-order valence-electron chi connectivity index (χ1n) is 6.36. The highest BCUT2D eigenvalue weighted by atomic mass is 19.4. The minimum Gasteiger partial charge on any atom is -0.296 e. The van der Waals surface area contributed by atoms with Crippen LogP contribution in [0.4, 0.5) is 13.2 Å². The van der Waals surface area contributed by atoms with Gasteiger partial charge in [0.1, 0.15) is 0 Å². The Morgan fingerprint density at radius 1 is 1.11 bits per heavy atom. The van der Waals surface area contributed by atoms with Crippen molar-refractivity contribution in [2.24, 2.45) is 11.8 Å². The molecule has 0 amide bonds. The van der Waals surface area contributed by atoms with Crippen LogP contribution < -0.4 is 0 Å². The van der Waals surface area contributed by atoms with E-state index in [0.29, 0.717) is 0 Å². The number of alkyl halides is 3. The Balaban J connectivity index is 1.72. The average Bonchev–Trinajstić information content (AvgIpc) is 2.94. The molecule has 1 heterocycles. The molecule has 4 heteroatoms. The molecule has 1 nitrogen and oxygen atoms in total. The number of hydrogen-bond acceptors (Lipinski definition) is 1. The molecule has 3 atom stereocenters. The summed E-state index contributed by atoms with van der Waals surface area (Å²) in [6.07, 6.45) is -2.90. The van der Waals surface area contributed by atoms with Gasteiger partial charge in [-0.15, -0.1) is 0 Å². The second kappa shape index (κ2) is 3.98. The fraction of sp³-hybridized carbons (Fsp3) is 0.571. The van der Waals surface area contributed by atoms with Crippen molar-refractivity contribution in [3.05, 3.63) is 35.4 Å². The fourth-order valence-corrected chi connectivity index (χ4v) is 2.91. The van der Waals surface area contributed by atoms with E-state index >= 15 is 0 Å². The molecule has 1 aromatic rings. The molecule has 2 aliphatic rings. The Morgan fingerprint density at radius 2 is 1.67 bits per heavy atom. The molecule has 1 aromatic carbocycles. The summed E-state index contributed by atoms with van der Waals surface area (Å²) < 4.78 is 37.4. The van der Waals surface area contributed by atoms with Crippen LogP contribution in [0.2, 0.25) is 0 Å². The van der Waals surface area contributed by atoms with Crippen LogP contribution in [-0.4, -0.2) is 18.0 Å². The number of benzene rings is 1. The highest BCUT2D eigenvalue weighted by molar-refractivity contribution is 5.27. The minimum atomic E-state index is -4.24. The third-order valence-corrected chi connectivity index (χ3v) is 4.28. The summed E-state index contributed by atoms with van der Waals surface area (Å²) in [5, 5.41) is 0. The summed E-state index contributed by atoms with van der Waals surface area (Å²) in [5.41, 5.74) is 0.409. The van der Waals surface area contributed by atoms with E-state index in [1.165, 1.54) is 18.6 Å². The van der Waals surface area contributed by atoms with Crippen molar-refractivity contribution in [2.45, 2.75) is 25.6 Å². The lowest BCUT2D eigenvalue weighted by atomic mass is 10.0. The van der Waals surface area contributed by atoms with Crippen LogP contribution in [-0.2, 0) is 6.18 Å². The van der Waals surface area contributed by atoms with E-state index in [2.05, 4.69) is 11.8 Å². The molecule has 18 heavy (non-hydrogen) atoms. The van der Waals surface area contributed by atoms with Gasteiger partial charge in [-0.3, -0.25) is 4.90 Å². The fourth-order valence-electron chi connectivity index (χ4n) is 2.91. The Hall–Kier alpha value is -1.03. The van der Waals surface area contributed by atoms with Crippen molar-refractivity contribution >= 4 is 0 Å². The Kier molecular flexibility index (Phi) is 2.66. The highest BCUT2D eigenvalue weighted by Crippen LogP contribution is 2.47. The maximum atomic E-state index is 12.5. The van der Waals surface area contributed by atoms with E-state index in [1.807, 2.05) is 0 Å². The number of halogens is 3. The summed E-state index contributed by atoms with van der Waals surface area (Å²) in [7, 11) is 0. The first kappa shape index (κ1) is 12.0. The largest absolute Gasteiger partial charge is 0.416 e. The summed E-state index contributed by atoms with van der Waals surface area (Å²) >= 11 is 0. The Bertz CT molecular complexity index is 427. The van der Waals surface area contributed by atoms with Gasteiger partial charge in [-0.2, -0.15) is 13.2 Å². The molecule has 3 rings (SSSR count). The van der Waals surface area contributed by atoms with Crippen LogP contribution in [0.5, 0.6) is 0 Å². The van der Waals surface area contributed by atoms with Crippen molar-refractivity contribution in [2.75, 3.05) is 13.1 Å². The number of likely N-dealkylation sites (tertiary alicyclic amines) is 1. The summed E-state index contributed by atoms with van der Waals surface area (Å²) in [6, 6.07) is 5.81. The predicted molar refractivity (Wildman–Crippen MR) is 63.0 cm³/mol. The van der Waals surface area contributed by atoms with Crippen molar-refractivity contribution < 1.29 is 13.2 Å². The summed E-state index contributed by atoms with van der Waals surface area (Å²) in [4.78, 5) is 2.38. The molecule has 0 bridgehead atoms. The molecule has 0 aromatic heterocycles. The van der Waals surface area contributed by atoms with Gasteiger partial charge in [0, 0.05) is 19.1 Å². The lowest BCUT2D eigenvalue weighted by Gasteiger charge is -2.26. The maximum absolute atomic E-state index is 12.5. The maximum Gasteiger partial charge on any atom is 0.416 e. The van der Waals surface area contributed by atoms with Gasteiger partial charge in [0.15, 0.2) is 0 Å². The average molecular weight is 255 g/mol. The SMILES string of the molecule is C[C@H](c1ccc(C(F)(F)F)cc1)N1CC2CC2C1. The number of hydrogen-bond donors (Lipinski definition) is 0. The molecule has 1 aliphatic carbocycles. The quantitative estimate of drug-likeness (QED) is 0.778. The second-order valence-electron chi connectivity index (χ2n) is 5.51. The van der Waals surface area contributed by atoms with Gasteiger partial charge in [0.05, 0.1) is 5.56 Å². The standard InChI is InChI=1S/C14H16F3N/c1-9(18-7-11-6-12(11)8-18)10-2-4-13(5-3-10)14(15,16)17/h2-5,9,11-12H,6-8H2,1H3/t9-,11?,12?/m1/s1. The smallest absolute Gasteiger partial charge is 0.296 e. The number of fused-ring (bicyclic) bond motifs is 1. The number of nitrogens with zero attached hydrogens (tertiary/aromatic N) is 1. The van der Waals surface area contributed by atoms with Crippen molar-refractivity contribution in [1.82, 2.24) is 4.90 Å². The third-order valence-electron chi connectivity index (χ3n) is 4.28. The second-order valence-corrected chi connectivity index (χ2v) is 5.51. The minimum absolute atomic E-state index is 0.222. The molecule has 1 aliphatic heterocycles. The first-order chi connectivity index (χ1) is 8.45. The Morgan fingerprint density at radius 3 is 2.17 bits per heavy atom. The zero-order valence-corrected chi connectivity index (χ0v) is 10.2. The number of piperidine rings is 1. The normalized spacial score (nSPS) is 29.1. The molecule has 2 unspecified atom stereocenters. The molecule has 0 radical (unpaired) electrons. The zero-order valence-electron chi connectivity index (χ0n) is 10.2. The molecule has 0 N–H and O–H groups in total. The van der Waals surface area contributed by atoms with Crippen LogP contribution in [0.15, 0.2) is 24.3 Å². The van der Waals surface area contributed by atoms with Crippen LogP contribution in [0.25, 0.3) is 0 Å². The zero-order chi connectivity index (χ0) is 12.9. The highest BCUT2D eigenvalue weighted by Gasteiger charge is 2.46. The van der Waals surface area contributed by atoms with Crippen LogP contribution in [0.3, 0.4) is 0 Å². The van der Waals surface area contributed by atoms with E-state index in [-0.39, 0.29) is 6.04 Å². The van der Waals surface area contributed by atoms with E-state index in [4.69, 9.17) is 0 Å². The van der Waals surface area contributed by atoms with Crippen LogP contribution >= 0.6 is 0 Å². The van der Waals surface area contributed by atoms with E-state index < -0.39 is 11.7 Å². The summed E-state index contributed by atoms with van der Waals surface area (Å²) in [5.74, 6) is 1.70. The van der Waals surface area contributed by atoms with E-state index in [0.717, 1.165) is 30.5 Å². The van der Waals surface area contributed by atoms with Gasteiger partial charge >= 0.3 is 6.18 Å². The van der Waals surface area contributed by atoms with Crippen LogP contribution in [0, 0.1) is 11.8 Å². The van der Waals surface area contributed by atoms with Gasteiger partial charge < -0.3 is 0 Å². The monoisotopic (exact) mass is 255 g/mol. The van der Waals surface area contributed by atoms with Gasteiger partial charge in [0.2, 0.25) is 0 Å². The van der Waals surface area contributed by atoms with Crippen LogP contribution in [0.1, 0.15) is 30.5 Å². The van der Waals surface area contributed by atoms with Gasteiger partial charge in [-0.05, 0) is 42.9 Å². The van der Waals surface area contributed by atoms with Gasteiger partial charge in [0.25, 0.3) is 0 Å². The van der Waals surface area contributed by atoms with E-state index in [1.54, 1.807) is 12.1 Å². The van der Waals surface area contributed by atoms with E-state index in [9.17, 15) is 13.2 Å². The van der Waals surface area contributed by atoms with Crippen molar-refractivity contribution in [1.29, 1.82) is 0 Å². The summed E-state index contributed by atoms with van der Waals surface area (Å²) in [6.45, 7) is 4.28. The predicted octanol–water partition coefficient (Wildman–Crippen LogP) is 3.72. The first-order valence-corrected chi connectivity index (χ1v) is 6.36. The molecule has 0 spiro atoms. The van der Waals surface area contributed by atoms with Crippen molar-refractivity contribution in [3.63, 3.8) is 0 Å². The number of rotatable bonds is 2. The topological polar surface area (TPSA) is 3.24 Å². The lowest BCUT2D eigenvalue weighted by molar-refractivity contribution is -0.137. The Labute approximate surface area is 105 Å². The molecular formula is C14H16F3N. The molecule has 98 valence electrons. The van der Waals surface area contributed by atoms with Crippen molar-refractivity contribution in [3.8, 4) is 0 Å². The third kappa shape index (κ3) is 2.14. The lowest BCUT2D eigenvalue weighted by Crippen LogP contribution is -2.26. The molecule has 1 saturated heterocycles. The molecular weight excluding hydrogens is 239 g/mol. The molecule has 2 fully saturated rings. The van der Waals surface area contributed by atoms with Gasteiger partial charge in [-0.25, -0.2) is 0 Å². The van der Waals surface area contributed by atoms with Gasteiger partial charge in [-0.1, -0.05) is 12.1 Å².